The Morgan fingerprint density at radius 2 is 1.91 bits per heavy atom. The van der Waals surface area contributed by atoms with Crippen LogP contribution in [0.4, 0.5) is 0 Å². The number of hydrogen-bond acceptors (Lipinski definition) is 3. The summed E-state index contributed by atoms with van der Waals surface area (Å²) in [4.78, 5) is 0. The zero-order chi connectivity index (χ0) is 16.1. The lowest BCUT2D eigenvalue weighted by Crippen LogP contribution is -2.17. The molecule has 0 aliphatic carbocycles. The topological polar surface area (TPSA) is 44.5 Å². The maximum Gasteiger partial charge on any atom is 0.134 e. The highest BCUT2D eigenvalue weighted by atomic mass is 79.9. The van der Waals surface area contributed by atoms with Crippen molar-refractivity contribution in [3.63, 3.8) is 0 Å². The highest BCUT2D eigenvalue weighted by molar-refractivity contribution is 9.10. The summed E-state index contributed by atoms with van der Waals surface area (Å²) in [6.45, 7) is 2.40. The lowest BCUT2D eigenvalue weighted by molar-refractivity contribution is 0.295. The van der Waals surface area contributed by atoms with Crippen LogP contribution in [-0.2, 0) is 13.0 Å². The molecule has 0 bridgehead atoms. The molecule has 0 saturated carbocycles. The van der Waals surface area contributed by atoms with Crippen molar-refractivity contribution in [2.24, 2.45) is 5.73 Å². The van der Waals surface area contributed by atoms with Crippen LogP contribution in [-0.4, -0.2) is 13.2 Å². The van der Waals surface area contributed by atoms with E-state index in [0.29, 0.717) is 11.6 Å². The molecule has 2 aromatic carbocycles. The number of nitrogens with two attached hydrogens (primary N) is 1. The first-order chi connectivity index (χ1) is 10.5. The first-order valence-electron chi connectivity index (χ1n) is 6.99. The van der Waals surface area contributed by atoms with Gasteiger partial charge in [-0.3, -0.25) is 0 Å². The predicted molar refractivity (Wildman–Crippen MR) is 93.8 cm³/mol. The first kappa shape index (κ1) is 17.1. The third kappa shape index (κ3) is 4.63. The Kier molecular flexibility index (Phi) is 6.12. The molecule has 1 unspecified atom stereocenters. The third-order valence-corrected chi connectivity index (χ3v) is 4.03. The number of ether oxygens (including phenoxy) is 2. The van der Waals surface area contributed by atoms with E-state index >= 15 is 0 Å². The van der Waals surface area contributed by atoms with E-state index < -0.39 is 0 Å². The number of rotatable bonds is 6. The van der Waals surface area contributed by atoms with Gasteiger partial charge in [0.2, 0.25) is 0 Å². The largest absolute Gasteiger partial charge is 0.496 e. The molecule has 0 fully saturated rings. The number of halogens is 2. The third-order valence-electron chi connectivity index (χ3n) is 3.18. The van der Waals surface area contributed by atoms with Crippen LogP contribution < -0.4 is 15.2 Å². The van der Waals surface area contributed by atoms with Crippen molar-refractivity contribution in [1.82, 2.24) is 0 Å². The second-order valence-corrected chi connectivity index (χ2v) is 6.48. The van der Waals surface area contributed by atoms with Crippen LogP contribution in [0.15, 0.2) is 40.9 Å². The van der Waals surface area contributed by atoms with Crippen LogP contribution in [0.5, 0.6) is 11.5 Å². The highest BCUT2D eigenvalue weighted by Gasteiger charge is 2.09. The Bertz CT molecular complexity index is 647. The summed E-state index contributed by atoms with van der Waals surface area (Å²) in [5.74, 6) is 1.54. The number of benzene rings is 2. The summed E-state index contributed by atoms with van der Waals surface area (Å²) in [7, 11) is 1.66. The summed E-state index contributed by atoms with van der Waals surface area (Å²) in [6, 6.07) is 11.6. The lowest BCUT2D eigenvalue weighted by Gasteiger charge is -2.14. The van der Waals surface area contributed by atoms with Gasteiger partial charge in [0.1, 0.15) is 18.1 Å². The Morgan fingerprint density at radius 1 is 1.18 bits per heavy atom. The van der Waals surface area contributed by atoms with Gasteiger partial charge < -0.3 is 15.2 Å². The normalized spacial score (nSPS) is 12.0. The first-order valence-corrected chi connectivity index (χ1v) is 8.16. The van der Waals surface area contributed by atoms with Crippen molar-refractivity contribution in [3.05, 3.63) is 57.0 Å². The van der Waals surface area contributed by atoms with Crippen LogP contribution >= 0.6 is 27.5 Å². The van der Waals surface area contributed by atoms with Crippen molar-refractivity contribution in [2.45, 2.75) is 26.0 Å². The standard InChI is InChI=1S/C17H19BrClNO2/c1-11(20)7-12-3-5-16(21-2)13(8-12)10-22-17-6-4-14(19)9-15(17)18/h3-6,8-9,11H,7,10,20H2,1-2H3. The maximum absolute atomic E-state index is 5.93. The van der Waals surface area contributed by atoms with Crippen LogP contribution in [0.1, 0.15) is 18.1 Å². The zero-order valence-electron chi connectivity index (χ0n) is 12.6. The molecule has 0 amide bonds. The molecule has 22 heavy (non-hydrogen) atoms. The van der Waals surface area contributed by atoms with Crippen LogP contribution in [0.25, 0.3) is 0 Å². The fraction of sp³-hybridized carbons (Fsp3) is 0.294. The van der Waals surface area contributed by atoms with Gasteiger partial charge in [-0.1, -0.05) is 17.7 Å². The van der Waals surface area contributed by atoms with Gasteiger partial charge in [0, 0.05) is 16.6 Å². The van der Waals surface area contributed by atoms with E-state index in [2.05, 4.69) is 22.0 Å². The maximum atomic E-state index is 5.93. The number of methoxy groups -OCH3 is 1. The van der Waals surface area contributed by atoms with Crippen molar-refractivity contribution >= 4 is 27.5 Å². The van der Waals surface area contributed by atoms with E-state index in [1.807, 2.05) is 25.1 Å². The molecular weight excluding hydrogens is 366 g/mol. The second-order valence-electron chi connectivity index (χ2n) is 5.19. The van der Waals surface area contributed by atoms with E-state index in [1.54, 1.807) is 19.2 Å². The van der Waals surface area contributed by atoms with Crippen LogP contribution in [0.3, 0.4) is 0 Å². The SMILES string of the molecule is COc1ccc(CC(C)N)cc1COc1ccc(Cl)cc1Br. The van der Waals surface area contributed by atoms with Crippen LogP contribution in [0.2, 0.25) is 5.02 Å². The molecule has 0 saturated heterocycles. The minimum absolute atomic E-state index is 0.118. The highest BCUT2D eigenvalue weighted by Crippen LogP contribution is 2.30. The average molecular weight is 385 g/mol. The molecule has 0 aliphatic heterocycles. The molecular formula is C17H19BrClNO2. The van der Waals surface area contributed by atoms with Crippen molar-refractivity contribution in [3.8, 4) is 11.5 Å². The summed E-state index contributed by atoms with van der Waals surface area (Å²) in [6.07, 6.45) is 0.821. The summed E-state index contributed by atoms with van der Waals surface area (Å²) >= 11 is 9.38. The lowest BCUT2D eigenvalue weighted by atomic mass is 10.0. The zero-order valence-corrected chi connectivity index (χ0v) is 14.9. The monoisotopic (exact) mass is 383 g/mol. The van der Waals surface area contributed by atoms with Gasteiger partial charge >= 0.3 is 0 Å². The Balaban J connectivity index is 2.16. The molecule has 1 atom stereocenters. The molecule has 3 nitrogen and oxygen atoms in total. The van der Waals surface area contributed by atoms with Gasteiger partial charge in [0.05, 0.1) is 11.6 Å². The molecule has 0 aromatic heterocycles. The quantitative estimate of drug-likeness (QED) is 0.793. The predicted octanol–water partition coefficient (Wildman–Crippen LogP) is 4.58. The van der Waals surface area contributed by atoms with Gasteiger partial charge in [-0.25, -0.2) is 0 Å². The number of hydrogen-bond donors (Lipinski definition) is 1. The fourth-order valence-electron chi connectivity index (χ4n) is 2.19. The minimum atomic E-state index is 0.118. The van der Waals surface area contributed by atoms with Crippen molar-refractivity contribution < 1.29 is 9.47 Å². The Hall–Kier alpha value is -1.23. The van der Waals surface area contributed by atoms with Gasteiger partial charge in [-0.2, -0.15) is 0 Å². The Morgan fingerprint density at radius 3 is 2.55 bits per heavy atom. The molecule has 0 aliphatic rings. The minimum Gasteiger partial charge on any atom is -0.496 e. The van der Waals surface area contributed by atoms with Gasteiger partial charge in [0.25, 0.3) is 0 Å². The molecule has 2 aromatic rings. The van der Waals surface area contributed by atoms with Gasteiger partial charge in [-0.15, -0.1) is 0 Å². The average Bonchev–Trinajstić information content (AvgIpc) is 2.46. The van der Waals surface area contributed by atoms with E-state index in [0.717, 1.165) is 28.0 Å². The smallest absolute Gasteiger partial charge is 0.134 e. The molecule has 2 rings (SSSR count). The van der Waals surface area contributed by atoms with Gasteiger partial charge in [-0.05, 0) is 65.2 Å². The Labute approximate surface area is 144 Å². The van der Waals surface area contributed by atoms with E-state index in [1.165, 1.54) is 5.56 Å². The summed E-state index contributed by atoms with van der Waals surface area (Å²) in [5.41, 5.74) is 8.02. The molecule has 0 radical (unpaired) electrons. The second kappa shape index (κ2) is 7.86. The van der Waals surface area contributed by atoms with E-state index in [9.17, 15) is 0 Å². The van der Waals surface area contributed by atoms with Gasteiger partial charge in [0.15, 0.2) is 0 Å². The molecule has 2 N–H and O–H groups in total. The fourth-order valence-corrected chi connectivity index (χ4v) is 2.99. The van der Waals surface area contributed by atoms with E-state index in [-0.39, 0.29) is 6.04 Å². The summed E-state index contributed by atoms with van der Waals surface area (Å²) < 4.78 is 12.1. The molecule has 0 spiro atoms. The molecule has 5 heteroatoms. The summed E-state index contributed by atoms with van der Waals surface area (Å²) in [5, 5.41) is 0.663. The van der Waals surface area contributed by atoms with Crippen molar-refractivity contribution in [2.75, 3.05) is 7.11 Å². The van der Waals surface area contributed by atoms with Crippen LogP contribution in [0, 0.1) is 0 Å². The van der Waals surface area contributed by atoms with E-state index in [4.69, 9.17) is 26.8 Å². The van der Waals surface area contributed by atoms with Crippen molar-refractivity contribution in [1.29, 1.82) is 0 Å². The molecule has 118 valence electrons. The molecule has 0 heterocycles.